The van der Waals surface area contributed by atoms with Gasteiger partial charge in [0.05, 0.1) is 19.5 Å². The van der Waals surface area contributed by atoms with Gasteiger partial charge in [0.25, 0.3) is 5.91 Å². The largest absolute Gasteiger partial charge is 0.480 e. The van der Waals surface area contributed by atoms with E-state index >= 15 is 0 Å². The molecule has 1 rings (SSSR count). The van der Waals surface area contributed by atoms with E-state index in [1.807, 2.05) is 0 Å². The molecule has 0 saturated carbocycles. The third kappa shape index (κ3) is 4.94. The van der Waals surface area contributed by atoms with E-state index in [0.717, 1.165) is 0 Å². The second kappa shape index (κ2) is 8.11. The monoisotopic (exact) mass is 330 g/mol. The van der Waals surface area contributed by atoms with Gasteiger partial charge in [0.2, 0.25) is 0 Å². The van der Waals surface area contributed by atoms with Gasteiger partial charge in [0.15, 0.2) is 5.54 Å². The number of carboxylic acids is 1. The van der Waals surface area contributed by atoms with E-state index < -0.39 is 36.7 Å². The standard InChI is InChI=1S/C13H19FN4O5/c1-3-23-12(22)17-13(6-14,11(21)16-5-10(19)20)7-18-8-15-4-9(18)2/h4,8H,3,5-7H2,1-2H3,(H,16,21)(H,17,22)(H,19,20). The Hall–Kier alpha value is -2.65. The van der Waals surface area contributed by atoms with Crippen molar-refractivity contribution in [1.82, 2.24) is 20.2 Å². The van der Waals surface area contributed by atoms with E-state index in [4.69, 9.17) is 5.11 Å². The summed E-state index contributed by atoms with van der Waals surface area (Å²) >= 11 is 0. The van der Waals surface area contributed by atoms with Gasteiger partial charge in [-0.15, -0.1) is 0 Å². The lowest BCUT2D eigenvalue weighted by Crippen LogP contribution is -2.63. The van der Waals surface area contributed by atoms with Crippen molar-refractivity contribution >= 4 is 18.0 Å². The first-order chi connectivity index (χ1) is 10.8. The molecule has 0 saturated heterocycles. The lowest BCUT2D eigenvalue weighted by molar-refractivity contribution is -0.139. The number of hydrogen-bond acceptors (Lipinski definition) is 5. The zero-order valence-electron chi connectivity index (χ0n) is 12.8. The summed E-state index contributed by atoms with van der Waals surface area (Å²) in [6.07, 6.45) is 1.90. The number of aromatic nitrogens is 2. The lowest BCUT2D eigenvalue weighted by atomic mass is 10.00. The number of carbonyl (C=O) groups excluding carboxylic acids is 2. The zero-order chi connectivity index (χ0) is 17.5. The number of rotatable bonds is 8. The number of aryl methyl sites for hydroxylation is 1. The summed E-state index contributed by atoms with van der Waals surface area (Å²) in [6.45, 7) is 1.06. The second-order valence-electron chi connectivity index (χ2n) is 4.80. The van der Waals surface area contributed by atoms with Gasteiger partial charge in [-0.25, -0.2) is 14.2 Å². The highest BCUT2D eigenvalue weighted by molar-refractivity contribution is 5.91. The van der Waals surface area contributed by atoms with Gasteiger partial charge in [-0.05, 0) is 13.8 Å². The maximum Gasteiger partial charge on any atom is 0.408 e. The van der Waals surface area contributed by atoms with Gasteiger partial charge in [0.1, 0.15) is 13.2 Å². The molecule has 2 amide bonds. The summed E-state index contributed by atoms with van der Waals surface area (Å²) < 4.78 is 19.9. The van der Waals surface area contributed by atoms with Crippen molar-refractivity contribution in [2.75, 3.05) is 19.8 Å². The molecule has 0 spiro atoms. The third-order valence-electron chi connectivity index (χ3n) is 3.04. The average molecular weight is 330 g/mol. The van der Waals surface area contributed by atoms with E-state index in [1.165, 1.54) is 17.1 Å². The number of nitrogens with zero attached hydrogens (tertiary/aromatic N) is 2. The van der Waals surface area contributed by atoms with Crippen LogP contribution in [0.4, 0.5) is 9.18 Å². The minimum absolute atomic E-state index is 0.0368. The third-order valence-corrected chi connectivity index (χ3v) is 3.04. The number of alkyl halides is 1. The maximum absolute atomic E-state index is 13.7. The van der Waals surface area contributed by atoms with Crippen LogP contribution in [0.1, 0.15) is 12.6 Å². The molecule has 1 atom stereocenters. The first kappa shape index (κ1) is 18.4. The van der Waals surface area contributed by atoms with Crippen molar-refractivity contribution in [1.29, 1.82) is 0 Å². The molecule has 0 aliphatic heterocycles. The van der Waals surface area contributed by atoms with Crippen molar-refractivity contribution in [2.45, 2.75) is 25.9 Å². The smallest absolute Gasteiger partial charge is 0.408 e. The number of aliphatic carboxylic acids is 1. The fourth-order valence-electron chi connectivity index (χ4n) is 1.84. The molecule has 3 N–H and O–H groups in total. The molecule has 9 nitrogen and oxygen atoms in total. The fourth-order valence-corrected chi connectivity index (χ4v) is 1.84. The molecule has 1 aromatic heterocycles. The Morgan fingerprint density at radius 2 is 2.17 bits per heavy atom. The van der Waals surface area contributed by atoms with Crippen LogP contribution < -0.4 is 10.6 Å². The number of carboxylic acid groups (broad SMARTS) is 1. The Balaban J connectivity index is 3.04. The molecule has 23 heavy (non-hydrogen) atoms. The number of carbonyl (C=O) groups is 3. The summed E-state index contributed by atoms with van der Waals surface area (Å²) in [5.74, 6) is -2.26. The number of amides is 2. The van der Waals surface area contributed by atoms with Crippen molar-refractivity contribution in [3.8, 4) is 0 Å². The number of hydrogen-bond donors (Lipinski definition) is 3. The SMILES string of the molecule is CCOC(=O)NC(CF)(Cn1cncc1C)C(=O)NCC(=O)O. The average Bonchev–Trinajstić information content (AvgIpc) is 2.89. The highest BCUT2D eigenvalue weighted by atomic mass is 19.1. The second-order valence-corrected chi connectivity index (χ2v) is 4.80. The van der Waals surface area contributed by atoms with E-state index in [2.05, 4.69) is 20.4 Å². The molecule has 0 fully saturated rings. The summed E-state index contributed by atoms with van der Waals surface area (Å²) in [7, 11) is 0. The number of halogens is 1. The Morgan fingerprint density at radius 1 is 1.48 bits per heavy atom. The van der Waals surface area contributed by atoms with Crippen molar-refractivity contribution in [2.24, 2.45) is 0 Å². The number of imidazole rings is 1. The Kier molecular flexibility index (Phi) is 6.49. The van der Waals surface area contributed by atoms with Gasteiger partial charge >= 0.3 is 12.1 Å². The number of ether oxygens (including phenoxy) is 1. The van der Waals surface area contributed by atoms with Crippen LogP contribution in [0.3, 0.4) is 0 Å². The van der Waals surface area contributed by atoms with Crippen LogP contribution >= 0.6 is 0 Å². The van der Waals surface area contributed by atoms with Crippen LogP contribution in [0.5, 0.6) is 0 Å². The van der Waals surface area contributed by atoms with Gasteiger partial charge in [-0.3, -0.25) is 9.59 Å². The summed E-state index contributed by atoms with van der Waals surface area (Å²) in [6, 6.07) is 0. The van der Waals surface area contributed by atoms with E-state index in [9.17, 15) is 18.8 Å². The first-order valence-electron chi connectivity index (χ1n) is 6.82. The summed E-state index contributed by atoms with van der Waals surface area (Å²) in [5.41, 5.74) is -1.37. The topological polar surface area (TPSA) is 123 Å². The quantitative estimate of drug-likeness (QED) is 0.609. The summed E-state index contributed by atoms with van der Waals surface area (Å²) in [5, 5.41) is 12.9. The molecule has 1 heterocycles. The first-order valence-corrected chi connectivity index (χ1v) is 6.82. The highest BCUT2D eigenvalue weighted by Gasteiger charge is 2.41. The van der Waals surface area contributed by atoms with Crippen LogP contribution in [0, 0.1) is 6.92 Å². The molecule has 1 aromatic rings. The molecule has 10 heteroatoms. The molecule has 0 aliphatic carbocycles. The molecular weight excluding hydrogens is 311 g/mol. The van der Waals surface area contributed by atoms with Crippen LogP contribution in [0.15, 0.2) is 12.5 Å². The number of alkyl carbamates (subject to hydrolysis) is 1. The van der Waals surface area contributed by atoms with E-state index in [0.29, 0.717) is 5.69 Å². The van der Waals surface area contributed by atoms with Crippen LogP contribution in [-0.4, -0.2) is 58.0 Å². The van der Waals surface area contributed by atoms with E-state index in [-0.39, 0.29) is 13.2 Å². The minimum atomic E-state index is -2.01. The molecule has 1 unspecified atom stereocenters. The molecule has 0 aliphatic rings. The van der Waals surface area contributed by atoms with Gasteiger partial charge < -0.3 is 25.0 Å². The van der Waals surface area contributed by atoms with Crippen molar-refractivity contribution in [3.05, 3.63) is 18.2 Å². The number of nitrogens with one attached hydrogen (secondary N) is 2. The lowest BCUT2D eigenvalue weighted by Gasteiger charge is -2.30. The van der Waals surface area contributed by atoms with Crippen LogP contribution in [0.25, 0.3) is 0 Å². The van der Waals surface area contributed by atoms with Gasteiger partial charge in [0, 0.05) is 11.9 Å². The normalized spacial score (nSPS) is 13.0. The molecule has 128 valence electrons. The Morgan fingerprint density at radius 3 is 2.65 bits per heavy atom. The van der Waals surface area contributed by atoms with Gasteiger partial charge in [-0.1, -0.05) is 0 Å². The molecular formula is C13H19FN4O5. The van der Waals surface area contributed by atoms with Crippen LogP contribution in [-0.2, 0) is 20.9 Å². The van der Waals surface area contributed by atoms with E-state index in [1.54, 1.807) is 13.8 Å². The Bertz CT molecular complexity index is 576. The molecule has 0 bridgehead atoms. The van der Waals surface area contributed by atoms with Crippen molar-refractivity contribution < 1.29 is 28.6 Å². The van der Waals surface area contributed by atoms with Gasteiger partial charge in [-0.2, -0.15) is 0 Å². The predicted octanol–water partition coefficient (Wildman–Crippen LogP) is -0.153. The summed E-state index contributed by atoms with van der Waals surface area (Å²) in [4.78, 5) is 38.4. The molecule has 0 aromatic carbocycles. The predicted molar refractivity (Wildman–Crippen MR) is 76.5 cm³/mol. The zero-order valence-corrected chi connectivity index (χ0v) is 12.8. The minimum Gasteiger partial charge on any atom is -0.480 e. The van der Waals surface area contributed by atoms with Crippen molar-refractivity contribution in [3.63, 3.8) is 0 Å². The maximum atomic E-state index is 13.7. The highest BCUT2D eigenvalue weighted by Crippen LogP contribution is 2.13. The van der Waals surface area contributed by atoms with Crippen LogP contribution in [0.2, 0.25) is 0 Å². The Labute approximate surface area is 131 Å². The fraction of sp³-hybridized carbons (Fsp3) is 0.538. The molecule has 0 radical (unpaired) electrons.